The van der Waals surface area contributed by atoms with Gasteiger partial charge in [-0.3, -0.25) is 0 Å². The van der Waals surface area contributed by atoms with E-state index < -0.39 is 14.8 Å². The fraction of sp³-hybridized carbons (Fsp3) is 0. The zero-order valence-corrected chi connectivity index (χ0v) is 4.47. The molecule has 5 heavy (non-hydrogen) atoms. The van der Waals surface area contributed by atoms with Crippen molar-refractivity contribution >= 4 is 0 Å². The Kier molecular flexibility index (Phi) is 45.6. The Morgan fingerprint density at radius 2 is 1.20 bits per heavy atom. The van der Waals surface area contributed by atoms with Crippen LogP contribution in [0.2, 0.25) is 0 Å². The first kappa shape index (κ1) is 9.07. The second-order valence-electron chi connectivity index (χ2n) is 0.0630. The first-order valence-electron chi connectivity index (χ1n) is 0.475. The van der Waals surface area contributed by atoms with Crippen molar-refractivity contribution in [1.29, 1.82) is 0 Å². The second kappa shape index (κ2) is 25.2. The van der Waals surface area contributed by atoms with Gasteiger partial charge in [-0.1, -0.05) is 0 Å². The van der Waals surface area contributed by atoms with Crippen LogP contribution in [0.25, 0.3) is 0 Å². The van der Waals surface area contributed by atoms with E-state index in [1.54, 1.807) is 0 Å². The fourth-order valence-corrected chi connectivity index (χ4v) is 0. The molecule has 0 aromatic rings. The van der Waals surface area contributed by atoms with E-state index in [4.69, 9.17) is 11.5 Å². The molecule has 0 unspecified atom stereocenters. The van der Waals surface area contributed by atoms with E-state index in [9.17, 15) is 0 Å². The zero-order chi connectivity index (χ0) is 4.71. The van der Waals surface area contributed by atoms with Crippen LogP contribution in [0, 0.1) is 0 Å². The minimum absolute atomic E-state index is 1.38. The molecule has 0 N–H and O–H groups in total. The van der Waals surface area contributed by atoms with Gasteiger partial charge in [-0.2, -0.15) is 0 Å². The van der Waals surface area contributed by atoms with Crippen molar-refractivity contribution < 1.29 is 42.5 Å². The molecule has 0 spiro atoms. The van der Waals surface area contributed by atoms with Crippen molar-refractivity contribution in [2.45, 2.75) is 0 Å². The molecule has 0 atom stereocenters. The van der Waals surface area contributed by atoms with Crippen molar-refractivity contribution in [3.63, 3.8) is 0 Å². The summed E-state index contributed by atoms with van der Waals surface area (Å²) >= 11 is -0.0625. The molecule has 0 aromatic carbocycles. The van der Waals surface area contributed by atoms with Gasteiger partial charge < -0.3 is 0 Å². The SMILES string of the molecule is [O]=[Cr].[O]=[Mn]=[O]. The molecule has 31 valence electrons. The van der Waals surface area contributed by atoms with E-state index in [1.165, 1.54) is 16.2 Å². The van der Waals surface area contributed by atoms with Gasteiger partial charge in [0, 0.05) is 0 Å². The van der Waals surface area contributed by atoms with Gasteiger partial charge >= 0.3 is 42.5 Å². The Bertz CT molecular complexity index is 36.2. The molecule has 0 fully saturated rings. The molecule has 0 saturated heterocycles. The summed E-state index contributed by atoms with van der Waals surface area (Å²) in [6.45, 7) is 0. The van der Waals surface area contributed by atoms with Crippen LogP contribution in [-0.2, 0) is 42.5 Å². The topological polar surface area (TPSA) is 51.2 Å². The summed E-state index contributed by atoms with van der Waals surface area (Å²) in [6, 6.07) is 0. The number of rotatable bonds is 0. The van der Waals surface area contributed by atoms with Crippen LogP contribution in [0.5, 0.6) is 0 Å². The second-order valence-corrected chi connectivity index (χ2v) is 0.260. The van der Waals surface area contributed by atoms with Gasteiger partial charge in [0.05, 0.1) is 0 Å². The molecule has 0 aromatic heterocycles. The van der Waals surface area contributed by atoms with E-state index in [1.807, 2.05) is 0 Å². The van der Waals surface area contributed by atoms with Crippen LogP contribution in [0.15, 0.2) is 0 Å². The molecule has 0 rings (SSSR count). The molecular formula is CrMnO3. The van der Waals surface area contributed by atoms with E-state index in [-0.39, 0.29) is 0 Å². The van der Waals surface area contributed by atoms with Gasteiger partial charge in [-0.15, -0.1) is 0 Å². The standard InChI is InChI=1S/Cr.Mn.3O. The van der Waals surface area contributed by atoms with Crippen molar-refractivity contribution in [2.75, 3.05) is 0 Å². The maximum atomic E-state index is 8.41. The maximum absolute atomic E-state index is 8.41. The molecule has 0 heterocycles. The van der Waals surface area contributed by atoms with Crippen molar-refractivity contribution in [3.05, 3.63) is 0 Å². The quantitative estimate of drug-likeness (QED) is 0.448. The third-order valence-corrected chi connectivity index (χ3v) is 0. The Balaban J connectivity index is 0. The van der Waals surface area contributed by atoms with Crippen LogP contribution < -0.4 is 0 Å². The van der Waals surface area contributed by atoms with Crippen molar-refractivity contribution in [3.8, 4) is 0 Å². The molecule has 0 aliphatic carbocycles. The van der Waals surface area contributed by atoms with Gasteiger partial charge in [-0.05, 0) is 0 Å². The van der Waals surface area contributed by atoms with Crippen LogP contribution >= 0.6 is 0 Å². The first-order chi connectivity index (χ1) is 2.41. The molecular weight excluding hydrogens is 155 g/mol. The zero-order valence-electron chi connectivity index (χ0n) is 2.01. The Morgan fingerprint density at radius 3 is 1.20 bits per heavy atom. The summed E-state index contributed by atoms with van der Waals surface area (Å²) in [5, 5.41) is 0. The summed E-state index contributed by atoms with van der Waals surface area (Å²) in [6.07, 6.45) is 0. The van der Waals surface area contributed by atoms with E-state index >= 15 is 0 Å². The average Bonchev–Trinajstić information content (AvgIpc) is 1.46. The number of hydrogen-bond donors (Lipinski definition) is 0. The Labute approximate surface area is 42.9 Å². The van der Waals surface area contributed by atoms with E-state index in [0.717, 1.165) is 0 Å². The van der Waals surface area contributed by atoms with Crippen molar-refractivity contribution in [2.24, 2.45) is 0 Å². The first-order valence-corrected chi connectivity index (χ1v) is 1.96. The summed E-state index contributed by atoms with van der Waals surface area (Å²) in [5.74, 6) is 0. The summed E-state index contributed by atoms with van der Waals surface area (Å²) < 4.78 is 24.9. The Hall–Kier alpha value is 0.452. The summed E-state index contributed by atoms with van der Waals surface area (Å²) in [7, 11) is 0. The van der Waals surface area contributed by atoms with Crippen LogP contribution in [0.3, 0.4) is 0 Å². The monoisotopic (exact) mass is 155 g/mol. The minimum atomic E-state index is -1.44. The normalized spacial score (nSPS) is 3.20. The molecule has 3 nitrogen and oxygen atoms in total. The van der Waals surface area contributed by atoms with Crippen LogP contribution in [-0.4, -0.2) is 0 Å². The molecule has 0 saturated carbocycles. The van der Waals surface area contributed by atoms with E-state index in [0.29, 0.717) is 0 Å². The van der Waals surface area contributed by atoms with E-state index in [2.05, 4.69) is 0 Å². The Morgan fingerprint density at radius 1 is 1.20 bits per heavy atom. The van der Waals surface area contributed by atoms with Gasteiger partial charge in [0.25, 0.3) is 0 Å². The predicted molar refractivity (Wildman–Crippen MR) is 2.06 cm³/mol. The summed E-state index contributed by atoms with van der Waals surface area (Å²) in [4.78, 5) is 0. The van der Waals surface area contributed by atoms with Crippen molar-refractivity contribution in [1.82, 2.24) is 0 Å². The molecule has 0 aliphatic rings. The third kappa shape index (κ3) is 131. The molecule has 0 radical (unpaired) electrons. The van der Waals surface area contributed by atoms with Gasteiger partial charge in [-0.25, -0.2) is 0 Å². The van der Waals surface area contributed by atoms with Gasteiger partial charge in [0.15, 0.2) is 0 Å². The molecule has 0 amide bonds. The average molecular weight is 155 g/mol. The number of hydrogen-bond acceptors (Lipinski definition) is 3. The van der Waals surface area contributed by atoms with Crippen LogP contribution in [0.1, 0.15) is 0 Å². The van der Waals surface area contributed by atoms with Gasteiger partial charge in [0.2, 0.25) is 0 Å². The molecule has 0 bridgehead atoms. The molecule has 5 heteroatoms. The predicted octanol–water partition coefficient (Wildman–Crippen LogP) is -0.361. The third-order valence-electron chi connectivity index (χ3n) is 0. The summed E-state index contributed by atoms with van der Waals surface area (Å²) in [5.41, 5.74) is 0. The molecule has 0 aliphatic heterocycles. The fourth-order valence-electron chi connectivity index (χ4n) is 0. The van der Waals surface area contributed by atoms with Crippen LogP contribution in [0.4, 0.5) is 0 Å². The van der Waals surface area contributed by atoms with Gasteiger partial charge in [0.1, 0.15) is 0 Å².